The van der Waals surface area contributed by atoms with E-state index in [0.717, 1.165) is 8.95 Å². The Labute approximate surface area is 132 Å². The summed E-state index contributed by atoms with van der Waals surface area (Å²) in [6.45, 7) is 0. The van der Waals surface area contributed by atoms with E-state index in [1.807, 2.05) is 0 Å². The van der Waals surface area contributed by atoms with Crippen LogP contribution in [0.15, 0.2) is 57.5 Å². The second-order valence-electron chi connectivity index (χ2n) is 3.92. The smallest absolute Gasteiger partial charge is 0.308 e. The lowest BCUT2D eigenvalue weighted by Gasteiger charge is -2.07. The third-order valence-electron chi connectivity index (χ3n) is 2.44. The molecule has 2 aromatic rings. The van der Waals surface area contributed by atoms with E-state index in [0.29, 0.717) is 11.3 Å². The zero-order chi connectivity index (χ0) is 14.5. The van der Waals surface area contributed by atoms with Gasteiger partial charge in [0.25, 0.3) is 5.91 Å². The molecule has 0 radical (unpaired) electrons. The lowest BCUT2D eigenvalue weighted by Crippen LogP contribution is -2.34. The predicted molar refractivity (Wildman–Crippen MR) is 84.8 cm³/mol. The van der Waals surface area contributed by atoms with Gasteiger partial charge in [-0.3, -0.25) is 10.1 Å². The van der Waals surface area contributed by atoms with E-state index in [1.54, 1.807) is 48.5 Å². The first-order valence-corrected chi connectivity index (χ1v) is 7.26. The molecule has 0 atom stereocenters. The van der Waals surface area contributed by atoms with E-state index in [9.17, 15) is 9.59 Å². The lowest BCUT2D eigenvalue weighted by molar-refractivity contribution is 0.0967. The molecular formula is C14H10Br2N2O2. The molecular weight excluding hydrogens is 388 g/mol. The first kappa shape index (κ1) is 14.7. The summed E-state index contributed by atoms with van der Waals surface area (Å²) in [6.07, 6.45) is 0. The van der Waals surface area contributed by atoms with Crippen molar-refractivity contribution < 1.29 is 9.59 Å². The maximum Gasteiger partial charge on any atom is 0.326 e. The number of rotatable bonds is 2. The van der Waals surface area contributed by atoms with Gasteiger partial charge in [0.2, 0.25) is 0 Å². The van der Waals surface area contributed by atoms with Crippen LogP contribution in [0.3, 0.4) is 0 Å². The number of hydrogen-bond acceptors (Lipinski definition) is 2. The largest absolute Gasteiger partial charge is 0.326 e. The van der Waals surface area contributed by atoms with Gasteiger partial charge in [-0.25, -0.2) is 4.79 Å². The molecule has 2 aromatic carbocycles. The van der Waals surface area contributed by atoms with Crippen molar-refractivity contribution in [2.45, 2.75) is 0 Å². The van der Waals surface area contributed by atoms with Crippen molar-refractivity contribution in [3.63, 3.8) is 0 Å². The molecule has 0 saturated heterocycles. The molecule has 0 aliphatic carbocycles. The molecule has 0 bridgehead atoms. The molecule has 6 heteroatoms. The highest BCUT2D eigenvalue weighted by atomic mass is 79.9. The number of amides is 3. The number of nitrogens with one attached hydrogen (secondary N) is 2. The Kier molecular flexibility index (Phi) is 4.92. The van der Waals surface area contributed by atoms with Gasteiger partial charge < -0.3 is 5.32 Å². The van der Waals surface area contributed by atoms with Crippen molar-refractivity contribution in [3.05, 3.63) is 63.0 Å². The van der Waals surface area contributed by atoms with Gasteiger partial charge in [-0.2, -0.15) is 0 Å². The first-order chi connectivity index (χ1) is 9.54. The summed E-state index contributed by atoms with van der Waals surface area (Å²) in [5.74, 6) is -0.452. The van der Waals surface area contributed by atoms with Crippen LogP contribution in [-0.2, 0) is 0 Å². The Morgan fingerprint density at radius 3 is 1.85 bits per heavy atom. The Balaban J connectivity index is 1.95. The van der Waals surface area contributed by atoms with E-state index in [4.69, 9.17) is 0 Å². The third-order valence-corrected chi connectivity index (χ3v) is 3.49. The van der Waals surface area contributed by atoms with Crippen molar-refractivity contribution >= 4 is 49.5 Å². The minimum absolute atomic E-state index is 0.416. The van der Waals surface area contributed by atoms with E-state index in [2.05, 4.69) is 42.5 Å². The van der Waals surface area contributed by atoms with E-state index >= 15 is 0 Å². The van der Waals surface area contributed by atoms with Gasteiger partial charge >= 0.3 is 6.03 Å². The first-order valence-electron chi connectivity index (χ1n) is 5.68. The fourth-order valence-corrected chi connectivity index (χ4v) is 2.00. The van der Waals surface area contributed by atoms with Crippen molar-refractivity contribution in [1.82, 2.24) is 5.32 Å². The summed E-state index contributed by atoms with van der Waals surface area (Å²) < 4.78 is 1.78. The highest BCUT2D eigenvalue weighted by Gasteiger charge is 2.10. The van der Waals surface area contributed by atoms with Gasteiger partial charge in [-0.05, 0) is 48.5 Å². The number of imide groups is 1. The van der Waals surface area contributed by atoms with Crippen molar-refractivity contribution in [3.8, 4) is 0 Å². The van der Waals surface area contributed by atoms with Gasteiger partial charge in [0.15, 0.2) is 0 Å². The van der Waals surface area contributed by atoms with Gasteiger partial charge in [0, 0.05) is 20.2 Å². The molecule has 4 nitrogen and oxygen atoms in total. The quantitative estimate of drug-likeness (QED) is 0.798. The summed E-state index contributed by atoms with van der Waals surface area (Å²) in [7, 11) is 0. The number of carbonyl (C=O) groups is 2. The minimum atomic E-state index is -0.569. The van der Waals surface area contributed by atoms with Crippen LogP contribution in [0.5, 0.6) is 0 Å². The van der Waals surface area contributed by atoms with Gasteiger partial charge in [0.1, 0.15) is 0 Å². The molecule has 0 fully saturated rings. The standard InChI is InChI=1S/C14H10Br2N2O2/c15-10-3-1-9(2-4-10)13(19)18-14(20)17-12-7-5-11(16)6-8-12/h1-8H,(H2,17,18,19,20). The maximum absolute atomic E-state index is 11.8. The van der Waals surface area contributed by atoms with Crippen LogP contribution in [0.4, 0.5) is 10.5 Å². The SMILES string of the molecule is O=C(NC(=O)c1ccc(Br)cc1)Nc1ccc(Br)cc1. The third kappa shape index (κ3) is 4.18. The Hall–Kier alpha value is -1.66. The molecule has 0 heterocycles. The number of carbonyl (C=O) groups excluding carboxylic acids is 2. The van der Waals surface area contributed by atoms with Crippen molar-refractivity contribution in [2.24, 2.45) is 0 Å². The summed E-state index contributed by atoms with van der Waals surface area (Å²) in [4.78, 5) is 23.5. The van der Waals surface area contributed by atoms with Crippen LogP contribution in [0, 0.1) is 0 Å². The fourth-order valence-electron chi connectivity index (χ4n) is 1.47. The topological polar surface area (TPSA) is 58.2 Å². The molecule has 2 rings (SSSR count). The Morgan fingerprint density at radius 2 is 1.30 bits per heavy atom. The van der Waals surface area contributed by atoms with Crippen LogP contribution in [0.1, 0.15) is 10.4 Å². The van der Waals surface area contributed by atoms with Crippen LogP contribution >= 0.6 is 31.9 Å². The summed E-state index contributed by atoms with van der Waals surface area (Å²) in [5.41, 5.74) is 1.02. The van der Waals surface area contributed by atoms with Crippen LogP contribution in [0.2, 0.25) is 0 Å². The predicted octanol–water partition coefficient (Wildman–Crippen LogP) is 4.17. The van der Waals surface area contributed by atoms with Gasteiger partial charge in [0.05, 0.1) is 0 Å². The molecule has 0 saturated carbocycles. The van der Waals surface area contributed by atoms with E-state index in [-0.39, 0.29) is 0 Å². The molecule has 0 aliphatic heterocycles. The number of halogens is 2. The molecule has 0 aromatic heterocycles. The molecule has 2 N–H and O–H groups in total. The lowest BCUT2D eigenvalue weighted by atomic mass is 10.2. The zero-order valence-electron chi connectivity index (χ0n) is 10.2. The number of hydrogen-bond donors (Lipinski definition) is 2. The van der Waals surface area contributed by atoms with Gasteiger partial charge in [-0.15, -0.1) is 0 Å². The summed E-state index contributed by atoms with van der Waals surface area (Å²) in [5, 5.41) is 4.84. The van der Waals surface area contributed by atoms with E-state index < -0.39 is 11.9 Å². The van der Waals surface area contributed by atoms with Crippen molar-refractivity contribution in [2.75, 3.05) is 5.32 Å². The fraction of sp³-hybridized carbons (Fsp3) is 0. The van der Waals surface area contributed by atoms with E-state index in [1.165, 1.54) is 0 Å². The van der Waals surface area contributed by atoms with Gasteiger partial charge in [-0.1, -0.05) is 31.9 Å². The second-order valence-corrected chi connectivity index (χ2v) is 5.75. The number of anilines is 1. The summed E-state index contributed by atoms with van der Waals surface area (Å²) >= 11 is 6.58. The number of urea groups is 1. The Morgan fingerprint density at radius 1 is 0.800 bits per heavy atom. The van der Waals surface area contributed by atoms with Crippen LogP contribution in [-0.4, -0.2) is 11.9 Å². The molecule has 102 valence electrons. The molecule has 0 unspecified atom stereocenters. The molecule has 3 amide bonds. The second kappa shape index (κ2) is 6.67. The normalized spacial score (nSPS) is 9.90. The Bertz CT molecular complexity index is 625. The molecule has 0 spiro atoms. The average molecular weight is 398 g/mol. The average Bonchev–Trinajstić information content (AvgIpc) is 2.42. The van der Waals surface area contributed by atoms with Crippen molar-refractivity contribution in [1.29, 1.82) is 0 Å². The van der Waals surface area contributed by atoms with Crippen LogP contribution < -0.4 is 10.6 Å². The zero-order valence-corrected chi connectivity index (χ0v) is 13.4. The molecule has 0 aliphatic rings. The minimum Gasteiger partial charge on any atom is -0.308 e. The maximum atomic E-state index is 11.8. The monoisotopic (exact) mass is 396 g/mol. The molecule has 20 heavy (non-hydrogen) atoms. The summed E-state index contributed by atoms with van der Waals surface area (Å²) in [6, 6.07) is 13.2. The highest BCUT2D eigenvalue weighted by molar-refractivity contribution is 9.10. The highest BCUT2D eigenvalue weighted by Crippen LogP contribution is 2.14. The number of benzene rings is 2. The van der Waals surface area contributed by atoms with Crippen LogP contribution in [0.25, 0.3) is 0 Å².